The highest BCUT2D eigenvalue weighted by Gasteiger charge is 2.28. The molecule has 0 aromatic carbocycles. The molecule has 0 radical (unpaired) electrons. The molecule has 84 valence electrons. The Kier molecular flexibility index (Phi) is 3.88. The lowest BCUT2D eigenvalue weighted by Gasteiger charge is -2.10. The fourth-order valence-corrected chi connectivity index (χ4v) is 2.08. The number of hydrogen-bond donors (Lipinski definition) is 2. The molecule has 0 saturated carbocycles. The summed E-state index contributed by atoms with van der Waals surface area (Å²) in [7, 11) is 0. The average Bonchev–Trinajstić information content (AvgIpc) is 2.47. The molecule has 4 nitrogen and oxygen atoms in total. The Morgan fingerprint density at radius 3 is 2.60 bits per heavy atom. The van der Waals surface area contributed by atoms with Gasteiger partial charge in [-0.1, -0.05) is 11.1 Å². The van der Waals surface area contributed by atoms with Crippen molar-refractivity contribution in [1.82, 2.24) is 0 Å². The zero-order valence-corrected chi connectivity index (χ0v) is 8.82. The van der Waals surface area contributed by atoms with Crippen LogP contribution in [-0.2, 0) is 9.59 Å². The maximum Gasteiger partial charge on any atom is 0.310 e. The molecule has 1 aliphatic carbocycles. The van der Waals surface area contributed by atoms with E-state index in [1.54, 1.807) is 0 Å². The normalized spacial score (nSPS) is 20.7. The summed E-state index contributed by atoms with van der Waals surface area (Å²) in [5.74, 6) is -1.98. The first-order chi connectivity index (χ1) is 7.02. The lowest BCUT2D eigenvalue weighted by Crippen LogP contribution is -2.13. The van der Waals surface area contributed by atoms with Crippen LogP contribution in [0, 0.1) is 5.92 Å². The van der Waals surface area contributed by atoms with Crippen LogP contribution in [-0.4, -0.2) is 22.2 Å². The van der Waals surface area contributed by atoms with Crippen molar-refractivity contribution >= 4 is 11.9 Å². The van der Waals surface area contributed by atoms with Gasteiger partial charge in [-0.25, -0.2) is 0 Å². The van der Waals surface area contributed by atoms with Crippen molar-refractivity contribution in [3.8, 4) is 0 Å². The third-order valence-electron chi connectivity index (χ3n) is 2.91. The van der Waals surface area contributed by atoms with Gasteiger partial charge in [-0.2, -0.15) is 0 Å². The molecule has 0 amide bonds. The highest BCUT2D eigenvalue weighted by atomic mass is 16.4. The van der Waals surface area contributed by atoms with Gasteiger partial charge in [-0.05, 0) is 32.6 Å². The third kappa shape index (κ3) is 3.08. The van der Waals surface area contributed by atoms with Crippen LogP contribution in [0.4, 0.5) is 0 Å². The minimum Gasteiger partial charge on any atom is -0.481 e. The van der Waals surface area contributed by atoms with E-state index in [9.17, 15) is 9.59 Å². The van der Waals surface area contributed by atoms with Crippen molar-refractivity contribution in [2.75, 3.05) is 0 Å². The molecule has 1 unspecified atom stereocenters. The molecule has 0 heterocycles. The summed E-state index contributed by atoms with van der Waals surface area (Å²) in [5, 5.41) is 17.5. The molecule has 0 spiro atoms. The molecule has 1 aliphatic rings. The van der Waals surface area contributed by atoms with E-state index in [0.717, 1.165) is 17.6 Å². The van der Waals surface area contributed by atoms with Crippen molar-refractivity contribution in [1.29, 1.82) is 0 Å². The van der Waals surface area contributed by atoms with Gasteiger partial charge in [-0.3, -0.25) is 9.59 Å². The molecule has 0 aliphatic heterocycles. The monoisotopic (exact) mass is 212 g/mol. The minimum atomic E-state index is -0.821. The lowest BCUT2D eigenvalue weighted by molar-refractivity contribution is -0.140. The second-order valence-electron chi connectivity index (χ2n) is 3.98. The second kappa shape index (κ2) is 4.96. The number of carboxylic acids is 2. The molecule has 0 aromatic rings. The minimum absolute atomic E-state index is 0.114. The van der Waals surface area contributed by atoms with Crippen LogP contribution < -0.4 is 0 Å². The van der Waals surface area contributed by atoms with Gasteiger partial charge in [0.25, 0.3) is 0 Å². The van der Waals surface area contributed by atoms with Gasteiger partial charge in [0.1, 0.15) is 0 Å². The van der Waals surface area contributed by atoms with Gasteiger partial charge in [0, 0.05) is 6.42 Å². The van der Waals surface area contributed by atoms with Crippen LogP contribution in [0.25, 0.3) is 0 Å². The van der Waals surface area contributed by atoms with E-state index in [0.29, 0.717) is 19.3 Å². The van der Waals surface area contributed by atoms with Crippen molar-refractivity contribution in [3.05, 3.63) is 11.1 Å². The first-order valence-electron chi connectivity index (χ1n) is 5.15. The van der Waals surface area contributed by atoms with Gasteiger partial charge in [0.15, 0.2) is 0 Å². The van der Waals surface area contributed by atoms with Crippen LogP contribution in [0.3, 0.4) is 0 Å². The topological polar surface area (TPSA) is 74.6 Å². The van der Waals surface area contributed by atoms with Crippen LogP contribution in [0.15, 0.2) is 11.1 Å². The van der Waals surface area contributed by atoms with Gasteiger partial charge in [0.05, 0.1) is 5.92 Å². The van der Waals surface area contributed by atoms with E-state index in [1.807, 2.05) is 6.92 Å². The van der Waals surface area contributed by atoms with Crippen molar-refractivity contribution in [2.24, 2.45) is 5.92 Å². The van der Waals surface area contributed by atoms with E-state index in [4.69, 9.17) is 10.2 Å². The van der Waals surface area contributed by atoms with Crippen molar-refractivity contribution < 1.29 is 19.8 Å². The number of rotatable bonds is 5. The molecule has 1 rings (SSSR count). The van der Waals surface area contributed by atoms with Crippen LogP contribution in [0.5, 0.6) is 0 Å². The summed E-state index contributed by atoms with van der Waals surface area (Å²) in [4.78, 5) is 21.2. The highest BCUT2D eigenvalue weighted by molar-refractivity contribution is 5.74. The maximum absolute atomic E-state index is 10.9. The molecule has 0 bridgehead atoms. The van der Waals surface area contributed by atoms with Gasteiger partial charge >= 0.3 is 11.9 Å². The number of carboxylic acid groups (broad SMARTS) is 2. The Hall–Kier alpha value is -1.32. The fourth-order valence-electron chi connectivity index (χ4n) is 2.08. The number of allylic oxidation sites excluding steroid dienone is 1. The van der Waals surface area contributed by atoms with Crippen molar-refractivity contribution in [2.45, 2.75) is 39.0 Å². The fraction of sp³-hybridized carbons (Fsp3) is 0.636. The molecule has 0 fully saturated rings. The second-order valence-corrected chi connectivity index (χ2v) is 3.98. The standard InChI is InChI=1S/C11H16O4/c1-7-5-6-9(11(14)15)8(7)3-2-4-10(12)13/h9H,2-6H2,1H3,(H,12,13)(H,14,15). The zero-order valence-electron chi connectivity index (χ0n) is 8.82. The van der Waals surface area contributed by atoms with Crippen LogP contribution >= 0.6 is 0 Å². The van der Waals surface area contributed by atoms with E-state index in [2.05, 4.69) is 0 Å². The molecule has 2 N–H and O–H groups in total. The van der Waals surface area contributed by atoms with E-state index >= 15 is 0 Å². The van der Waals surface area contributed by atoms with Crippen LogP contribution in [0.1, 0.15) is 39.0 Å². The predicted octanol–water partition coefficient (Wildman–Crippen LogP) is 2.05. The molecular weight excluding hydrogens is 196 g/mol. The average molecular weight is 212 g/mol. The lowest BCUT2D eigenvalue weighted by atomic mass is 9.96. The highest BCUT2D eigenvalue weighted by Crippen LogP contribution is 2.34. The molecule has 1 atom stereocenters. The first kappa shape index (κ1) is 11.8. The van der Waals surface area contributed by atoms with Crippen LogP contribution in [0.2, 0.25) is 0 Å². The molecule has 0 aromatic heterocycles. The largest absolute Gasteiger partial charge is 0.481 e. The molecule has 15 heavy (non-hydrogen) atoms. The Bertz CT molecular complexity index is 304. The summed E-state index contributed by atoms with van der Waals surface area (Å²) >= 11 is 0. The SMILES string of the molecule is CC1=C(CCCC(=O)O)C(C(=O)O)CC1. The summed E-state index contributed by atoms with van der Waals surface area (Å²) in [6.07, 6.45) is 2.76. The predicted molar refractivity (Wildman–Crippen MR) is 54.5 cm³/mol. The Morgan fingerprint density at radius 2 is 2.07 bits per heavy atom. The molecule has 4 heteroatoms. The van der Waals surface area contributed by atoms with E-state index in [-0.39, 0.29) is 12.3 Å². The number of aliphatic carboxylic acids is 2. The summed E-state index contributed by atoms with van der Waals surface area (Å²) in [6.45, 7) is 1.94. The Labute approximate surface area is 88.6 Å². The Morgan fingerprint density at radius 1 is 1.40 bits per heavy atom. The number of hydrogen-bond acceptors (Lipinski definition) is 2. The van der Waals surface area contributed by atoms with Gasteiger partial charge < -0.3 is 10.2 Å². The summed E-state index contributed by atoms with van der Waals surface area (Å²) < 4.78 is 0. The smallest absolute Gasteiger partial charge is 0.310 e. The summed E-state index contributed by atoms with van der Waals surface area (Å²) in [6, 6.07) is 0. The molecular formula is C11H16O4. The first-order valence-corrected chi connectivity index (χ1v) is 5.15. The van der Waals surface area contributed by atoms with E-state index in [1.165, 1.54) is 0 Å². The van der Waals surface area contributed by atoms with E-state index < -0.39 is 11.9 Å². The molecule has 0 saturated heterocycles. The number of carbonyl (C=O) groups is 2. The van der Waals surface area contributed by atoms with Crippen molar-refractivity contribution in [3.63, 3.8) is 0 Å². The van der Waals surface area contributed by atoms with Gasteiger partial charge in [-0.15, -0.1) is 0 Å². The quantitative estimate of drug-likeness (QED) is 0.684. The van der Waals surface area contributed by atoms with Gasteiger partial charge in [0.2, 0.25) is 0 Å². The maximum atomic E-state index is 10.9. The Balaban J connectivity index is 2.53. The zero-order chi connectivity index (χ0) is 11.4. The third-order valence-corrected chi connectivity index (χ3v) is 2.91. The summed E-state index contributed by atoms with van der Waals surface area (Å²) in [5.41, 5.74) is 2.08.